The first-order chi connectivity index (χ1) is 11.2. The van der Waals surface area contributed by atoms with E-state index in [1.54, 1.807) is 0 Å². The highest BCUT2D eigenvalue weighted by atomic mass is 14.7. The van der Waals surface area contributed by atoms with E-state index in [1.807, 2.05) is 12.1 Å². The molecule has 0 aliphatic carbocycles. The fourth-order valence-corrected chi connectivity index (χ4v) is 3.27. The molecule has 1 aromatic heterocycles. The lowest BCUT2D eigenvalue weighted by Gasteiger charge is -2.04. The average Bonchev–Trinajstić information content (AvgIpc) is 2.92. The molecule has 2 aromatic carbocycles. The number of aromatic amines is 1. The molecular formula is C22H23N. The van der Waals surface area contributed by atoms with Crippen LogP contribution in [0.25, 0.3) is 10.9 Å². The highest BCUT2D eigenvalue weighted by Gasteiger charge is 2.09. The number of terminal acetylenes is 1. The average molecular weight is 301 g/mol. The molecule has 3 rings (SSSR count). The maximum atomic E-state index is 5.40. The molecule has 23 heavy (non-hydrogen) atoms. The largest absolute Gasteiger partial charge is 0.358 e. The van der Waals surface area contributed by atoms with Crippen molar-refractivity contribution in [2.24, 2.45) is 0 Å². The van der Waals surface area contributed by atoms with Gasteiger partial charge < -0.3 is 4.98 Å². The summed E-state index contributed by atoms with van der Waals surface area (Å²) in [5.41, 5.74) is 7.77. The summed E-state index contributed by atoms with van der Waals surface area (Å²) in [5.74, 6) is 2.67. The van der Waals surface area contributed by atoms with E-state index in [4.69, 9.17) is 6.42 Å². The molecule has 0 saturated carbocycles. The minimum Gasteiger partial charge on any atom is -0.358 e. The van der Waals surface area contributed by atoms with Gasteiger partial charge in [-0.15, -0.1) is 6.42 Å². The predicted molar refractivity (Wildman–Crippen MR) is 98.8 cm³/mol. The standard InChI is InChI=1S/C22H23N/c1-4-17-10-12-18(13-11-17)7-6-8-21-19(5-2)20-15-16(3)9-14-22(20)23-21/h1,9-15,23H,5-8H2,2-3H3. The number of rotatable bonds is 5. The Hall–Kier alpha value is -2.46. The fourth-order valence-electron chi connectivity index (χ4n) is 3.27. The Morgan fingerprint density at radius 1 is 1.04 bits per heavy atom. The molecule has 0 saturated heterocycles. The molecule has 1 N–H and O–H groups in total. The third kappa shape index (κ3) is 3.32. The first kappa shape index (κ1) is 15.4. The smallest absolute Gasteiger partial charge is 0.0459 e. The highest BCUT2D eigenvalue weighted by molar-refractivity contribution is 5.85. The lowest BCUT2D eigenvalue weighted by molar-refractivity contribution is 0.797. The molecule has 0 atom stereocenters. The van der Waals surface area contributed by atoms with Crippen molar-refractivity contribution in [2.45, 2.75) is 39.5 Å². The van der Waals surface area contributed by atoms with Gasteiger partial charge in [-0.05, 0) is 68.0 Å². The third-order valence-corrected chi connectivity index (χ3v) is 4.52. The molecule has 0 spiro atoms. The molecule has 0 bridgehead atoms. The lowest BCUT2D eigenvalue weighted by atomic mass is 10.0. The summed E-state index contributed by atoms with van der Waals surface area (Å²) in [6.07, 6.45) is 9.80. The van der Waals surface area contributed by atoms with Gasteiger partial charge in [0.05, 0.1) is 0 Å². The second-order valence-corrected chi connectivity index (χ2v) is 6.18. The quantitative estimate of drug-likeness (QED) is 0.624. The first-order valence-electron chi connectivity index (χ1n) is 8.37. The molecule has 116 valence electrons. The Kier molecular flexibility index (Phi) is 4.53. The van der Waals surface area contributed by atoms with Crippen LogP contribution in [-0.2, 0) is 19.3 Å². The number of hydrogen-bond acceptors (Lipinski definition) is 0. The topological polar surface area (TPSA) is 15.8 Å². The van der Waals surface area contributed by atoms with Crippen LogP contribution in [0.3, 0.4) is 0 Å². The number of benzene rings is 2. The number of fused-ring (bicyclic) bond motifs is 1. The second-order valence-electron chi connectivity index (χ2n) is 6.18. The Balaban J connectivity index is 1.72. The zero-order chi connectivity index (χ0) is 16.2. The molecule has 1 heterocycles. The van der Waals surface area contributed by atoms with Gasteiger partial charge in [0.15, 0.2) is 0 Å². The van der Waals surface area contributed by atoms with Gasteiger partial charge in [0.1, 0.15) is 0 Å². The van der Waals surface area contributed by atoms with Crippen LogP contribution < -0.4 is 0 Å². The van der Waals surface area contributed by atoms with Gasteiger partial charge in [0, 0.05) is 22.2 Å². The van der Waals surface area contributed by atoms with Crippen molar-refractivity contribution in [1.82, 2.24) is 4.98 Å². The van der Waals surface area contributed by atoms with E-state index in [1.165, 1.54) is 33.3 Å². The summed E-state index contributed by atoms with van der Waals surface area (Å²) < 4.78 is 0. The van der Waals surface area contributed by atoms with Crippen LogP contribution in [0, 0.1) is 19.3 Å². The number of aromatic nitrogens is 1. The highest BCUT2D eigenvalue weighted by Crippen LogP contribution is 2.25. The van der Waals surface area contributed by atoms with Crippen LogP contribution in [0.2, 0.25) is 0 Å². The number of aryl methyl sites for hydroxylation is 4. The van der Waals surface area contributed by atoms with Gasteiger partial charge in [0.2, 0.25) is 0 Å². The zero-order valence-corrected chi connectivity index (χ0v) is 13.9. The van der Waals surface area contributed by atoms with Crippen molar-refractivity contribution >= 4 is 10.9 Å². The molecule has 0 aliphatic heterocycles. The maximum absolute atomic E-state index is 5.40. The van der Waals surface area contributed by atoms with E-state index in [2.05, 4.69) is 55.1 Å². The summed E-state index contributed by atoms with van der Waals surface area (Å²) >= 11 is 0. The van der Waals surface area contributed by atoms with Crippen LogP contribution >= 0.6 is 0 Å². The van der Waals surface area contributed by atoms with Crippen LogP contribution in [0.5, 0.6) is 0 Å². The van der Waals surface area contributed by atoms with E-state index in [-0.39, 0.29) is 0 Å². The molecular weight excluding hydrogens is 278 g/mol. The van der Waals surface area contributed by atoms with Crippen LogP contribution in [-0.4, -0.2) is 4.98 Å². The zero-order valence-electron chi connectivity index (χ0n) is 13.9. The van der Waals surface area contributed by atoms with E-state index in [9.17, 15) is 0 Å². The number of hydrogen-bond donors (Lipinski definition) is 1. The minimum absolute atomic E-state index is 0.952. The SMILES string of the molecule is C#Cc1ccc(CCCc2[nH]c3ccc(C)cc3c2CC)cc1. The van der Waals surface area contributed by atoms with Gasteiger partial charge >= 0.3 is 0 Å². The van der Waals surface area contributed by atoms with E-state index in [0.717, 1.165) is 31.2 Å². The van der Waals surface area contributed by atoms with Crippen molar-refractivity contribution in [1.29, 1.82) is 0 Å². The number of nitrogens with one attached hydrogen (secondary N) is 1. The number of H-pyrrole nitrogens is 1. The monoisotopic (exact) mass is 301 g/mol. The fraction of sp³-hybridized carbons (Fsp3) is 0.273. The Morgan fingerprint density at radius 3 is 2.52 bits per heavy atom. The summed E-state index contributed by atoms with van der Waals surface area (Å²) in [5, 5.41) is 1.39. The van der Waals surface area contributed by atoms with Gasteiger partial charge in [-0.2, -0.15) is 0 Å². The summed E-state index contributed by atoms with van der Waals surface area (Å²) in [6, 6.07) is 15.0. The van der Waals surface area contributed by atoms with Crippen molar-refractivity contribution in [2.75, 3.05) is 0 Å². The van der Waals surface area contributed by atoms with Gasteiger partial charge in [-0.25, -0.2) is 0 Å². The molecule has 0 fully saturated rings. The molecule has 0 unspecified atom stereocenters. The van der Waals surface area contributed by atoms with Gasteiger partial charge in [-0.3, -0.25) is 0 Å². The van der Waals surface area contributed by atoms with Gasteiger partial charge in [0.25, 0.3) is 0 Å². The minimum atomic E-state index is 0.952. The Morgan fingerprint density at radius 2 is 1.83 bits per heavy atom. The van der Waals surface area contributed by atoms with Crippen molar-refractivity contribution in [3.05, 3.63) is 70.4 Å². The first-order valence-corrected chi connectivity index (χ1v) is 8.37. The Bertz CT molecular complexity index is 844. The summed E-state index contributed by atoms with van der Waals surface area (Å²) in [6.45, 7) is 4.40. The van der Waals surface area contributed by atoms with Crippen LogP contribution in [0.4, 0.5) is 0 Å². The molecule has 1 heteroatoms. The second kappa shape index (κ2) is 6.75. The van der Waals surface area contributed by atoms with Gasteiger partial charge in [-0.1, -0.05) is 36.6 Å². The van der Waals surface area contributed by atoms with E-state index < -0.39 is 0 Å². The molecule has 0 radical (unpaired) electrons. The molecule has 3 aromatic rings. The maximum Gasteiger partial charge on any atom is 0.0459 e. The molecule has 0 aliphatic rings. The molecule has 0 amide bonds. The summed E-state index contributed by atoms with van der Waals surface area (Å²) in [7, 11) is 0. The van der Waals surface area contributed by atoms with Crippen LogP contribution in [0.15, 0.2) is 42.5 Å². The summed E-state index contributed by atoms with van der Waals surface area (Å²) in [4.78, 5) is 3.62. The van der Waals surface area contributed by atoms with Crippen molar-refractivity contribution in [3.63, 3.8) is 0 Å². The third-order valence-electron chi connectivity index (χ3n) is 4.52. The van der Waals surface area contributed by atoms with E-state index >= 15 is 0 Å². The van der Waals surface area contributed by atoms with Crippen LogP contribution in [0.1, 0.15) is 41.3 Å². The molecule has 1 nitrogen and oxygen atoms in total. The van der Waals surface area contributed by atoms with E-state index in [0.29, 0.717) is 0 Å². The normalized spacial score (nSPS) is 10.8. The van der Waals surface area contributed by atoms with Crippen molar-refractivity contribution < 1.29 is 0 Å². The Labute approximate surface area is 138 Å². The van der Waals surface area contributed by atoms with Crippen molar-refractivity contribution in [3.8, 4) is 12.3 Å². The lowest BCUT2D eigenvalue weighted by Crippen LogP contribution is -1.94. The predicted octanol–water partition coefficient (Wildman–Crippen LogP) is 5.20.